The predicted molar refractivity (Wildman–Crippen MR) is 89.8 cm³/mol. The first-order valence-electron chi connectivity index (χ1n) is 7.87. The van der Waals surface area contributed by atoms with Gasteiger partial charge in [0.15, 0.2) is 5.82 Å². The molecule has 24 heavy (non-hydrogen) atoms. The van der Waals surface area contributed by atoms with Crippen LogP contribution < -0.4 is 5.32 Å². The molecule has 0 saturated heterocycles. The van der Waals surface area contributed by atoms with Crippen LogP contribution in [0, 0.1) is 12.8 Å². The molecular weight excluding hydrogens is 304 g/mol. The van der Waals surface area contributed by atoms with Crippen LogP contribution in [0.1, 0.15) is 23.0 Å². The Morgan fingerprint density at radius 1 is 1.25 bits per heavy atom. The Hall–Kier alpha value is -2.96. The van der Waals surface area contributed by atoms with Crippen LogP contribution in [0.25, 0.3) is 5.82 Å². The van der Waals surface area contributed by atoms with E-state index in [1.807, 2.05) is 42.1 Å². The quantitative estimate of drug-likeness (QED) is 0.750. The Kier molecular flexibility index (Phi) is 4.69. The number of carbonyl (C=O) groups excluding carboxylic acids is 1. The Balaban J connectivity index is 1.62. The molecule has 0 spiro atoms. The molecule has 7 nitrogen and oxygen atoms in total. The molecule has 0 aromatic carbocycles. The van der Waals surface area contributed by atoms with Crippen molar-refractivity contribution in [2.45, 2.75) is 20.4 Å². The maximum atomic E-state index is 12.4. The number of pyridine rings is 1. The second kappa shape index (κ2) is 7.08. The molecule has 1 N–H and O–H groups in total. The number of nitrogens with one attached hydrogen (secondary N) is 1. The SMILES string of the molecule is Cc1c(C(=O)NC[C@H](C)Cn2cccn2)cnn1-c1ccccn1. The van der Waals surface area contributed by atoms with Crippen molar-refractivity contribution in [2.75, 3.05) is 6.54 Å². The maximum absolute atomic E-state index is 12.4. The van der Waals surface area contributed by atoms with E-state index in [9.17, 15) is 4.79 Å². The lowest BCUT2D eigenvalue weighted by atomic mass is 10.1. The van der Waals surface area contributed by atoms with Crippen molar-refractivity contribution in [3.05, 3.63) is 60.3 Å². The summed E-state index contributed by atoms with van der Waals surface area (Å²) >= 11 is 0. The third kappa shape index (κ3) is 3.51. The van der Waals surface area contributed by atoms with Crippen LogP contribution in [-0.4, -0.2) is 37.0 Å². The molecule has 3 heterocycles. The van der Waals surface area contributed by atoms with Gasteiger partial charge in [-0.25, -0.2) is 9.67 Å². The van der Waals surface area contributed by atoms with E-state index in [4.69, 9.17) is 0 Å². The third-order valence-electron chi connectivity index (χ3n) is 3.79. The summed E-state index contributed by atoms with van der Waals surface area (Å²) in [5.41, 5.74) is 1.33. The first kappa shape index (κ1) is 15.9. The van der Waals surface area contributed by atoms with Crippen molar-refractivity contribution < 1.29 is 4.79 Å². The number of amides is 1. The second-order valence-corrected chi connectivity index (χ2v) is 5.79. The molecule has 0 unspecified atom stereocenters. The summed E-state index contributed by atoms with van der Waals surface area (Å²) in [5.74, 6) is 0.850. The van der Waals surface area contributed by atoms with Gasteiger partial charge in [0.05, 0.1) is 17.5 Å². The van der Waals surface area contributed by atoms with Gasteiger partial charge < -0.3 is 5.32 Å². The van der Waals surface area contributed by atoms with Gasteiger partial charge in [-0.1, -0.05) is 13.0 Å². The highest BCUT2D eigenvalue weighted by Crippen LogP contribution is 2.12. The molecule has 7 heteroatoms. The first-order chi connectivity index (χ1) is 11.6. The molecule has 1 atom stereocenters. The van der Waals surface area contributed by atoms with Crippen molar-refractivity contribution >= 4 is 5.91 Å². The lowest BCUT2D eigenvalue weighted by Crippen LogP contribution is -2.30. The van der Waals surface area contributed by atoms with E-state index in [1.54, 1.807) is 23.3 Å². The van der Waals surface area contributed by atoms with E-state index in [1.165, 1.54) is 0 Å². The molecule has 0 saturated carbocycles. The summed E-state index contributed by atoms with van der Waals surface area (Å²) in [5, 5.41) is 11.4. The van der Waals surface area contributed by atoms with Crippen LogP contribution in [0.2, 0.25) is 0 Å². The second-order valence-electron chi connectivity index (χ2n) is 5.79. The normalized spacial score (nSPS) is 12.1. The molecule has 3 rings (SSSR count). The number of carbonyl (C=O) groups is 1. The minimum atomic E-state index is -0.123. The molecule has 0 radical (unpaired) electrons. The van der Waals surface area contributed by atoms with Crippen LogP contribution in [0.4, 0.5) is 0 Å². The van der Waals surface area contributed by atoms with Crippen LogP contribution >= 0.6 is 0 Å². The number of hydrogen-bond acceptors (Lipinski definition) is 4. The van der Waals surface area contributed by atoms with Gasteiger partial charge in [-0.15, -0.1) is 0 Å². The lowest BCUT2D eigenvalue weighted by molar-refractivity contribution is 0.0946. The monoisotopic (exact) mass is 324 g/mol. The molecule has 3 aromatic heterocycles. The summed E-state index contributed by atoms with van der Waals surface area (Å²) in [4.78, 5) is 16.7. The average molecular weight is 324 g/mol. The lowest BCUT2D eigenvalue weighted by Gasteiger charge is -2.12. The fourth-order valence-corrected chi connectivity index (χ4v) is 2.50. The van der Waals surface area contributed by atoms with Gasteiger partial charge in [0.25, 0.3) is 5.91 Å². The molecule has 0 bridgehead atoms. The van der Waals surface area contributed by atoms with Crippen LogP contribution in [-0.2, 0) is 6.54 Å². The summed E-state index contributed by atoms with van der Waals surface area (Å²) in [7, 11) is 0. The summed E-state index contributed by atoms with van der Waals surface area (Å²) in [6.45, 7) is 5.28. The van der Waals surface area contributed by atoms with E-state index in [0.717, 1.165) is 12.2 Å². The van der Waals surface area contributed by atoms with Gasteiger partial charge in [-0.05, 0) is 31.0 Å². The number of aromatic nitrogens is 5. The number of nitrogens with zero attached hydrogens (tertiary/aromatic N) is 5. The van der Waals surface area contributed by atoms with Crippen molar-refractivity contribution in [2.24, 2.45) is 5.92 Å². The molecular formula is C17H20N6O. The van der Waals surface area contributed by atoms with Crippen molar-refractivity contribution in [1.82, 2.24) is 29.9 Å². The first-order valence-corrected chi connectivity index (χ1v) is 7.87. The standard InChI is InChI=1S/C17H20N6O/c1-13(12-22-9-5-8-20-22)10-19-17(24)15-11-21-23(14(15)2)16-6-3-4-7-18-16/h3-9,11,13H,10,12H2,1-2H3,(H,19,24)/t13-/m0/s1. The van der Waals surface area contributed by atoms with Gasteiger partial charge >= 0.3 is 0 Å². The van der Waals surface area contributed by atoms with Gasteiger partial charge in [0.1, 0.15) is 0 Å². The van der Waals surface area contributed by atoms with Gasteiger partial charge in [0, 0.05) is 31.7 Å². The Morgan fingerprint density at radius 3 is 2.83 bits per heavy atom. The summed E-state index contributed by atoms with van der Waals surface area (Å²) in [6, 6.07) is 7.48. The van der Waals surface area contributed by atoms with Gasteiger partial charge in [-0.2, -0.15) is 10.2 Å². The molecule has 0 aliphatic rings. The summed E-state index contributed by atoms with van der Waals surface area (Å²) in [6.07, 6.45) is 6.95. The molecule has 3 aromatic rings. The van der Waals surface area contributed by atoms with Crippen LogP contribution in [0.15, 0.2) is 49.1 Å². The van der Waals surface area contributed by atoms with E-state index in [2.05, 4.69) is 27.4 Å². The Labute approximate surface area is 140 Å². The fourth-order valence-electron chi connectivity index (χ4n) is 2.50. The predicted octanol–water partition coefficient (Wildman–Crippen LogP) is 1.84. The fraction of sp³-hybridized carbons (Fsp3) is 0.294. The van der Waals surface area contributed by atoms with Crippen molar-refractivity contribution in [3.8, 4) is 5.82 Å². The van der Waals surface area contributed by atoms with E-state index in [0.29, 0.717) is 17.9 Å². The summed E-state index contributed by atoms with van der Waals surface area (Å²) < 4.78 is 3.53. The molecule has 0 aliphatic heterocycles. The maximum Gasteiger partial charge on any atom is 0.254 e. The Morgan fingerprint density at radius 2 is 2.12 bits per heavy atom. The van der Waals surface area contributed by atoms with Crippen LogP contribution in [0.3, 0.4) is 0 Å². The number of rotatable bonds is 6. The molecule has 1 amide bonds. The minimum absolute atomic E-state index is 0.123. The Bertz CT molecular complexity index is 794. The van der Waals surface area contributed by atoms with Crippen molar-refractivity contribution in [1.29, 1.82) is 0 Å². The third-order valence-corrected chi connectivity index (χ3v) is 3.79. The van der Waals surface area contributed by atoms with Crippen molar-refractivity contribution in [3.63, 3.8) is 0 Å². The average Bonchev–Trinajstić information content (AvgIpc) is 3.23. The topological polar surface area (TPSA) is 77.6 Å². The zero-order chi connectivity index (χ0) is 16.9. The number of hydrogen-bond donors (Lipinski definition) is 1. The molecule has 0 fully saturated rings. The van der Waals surface area contributed by atoms with E-state index >= 15 is 0 Å². The minimum Gasteiger partial charge on any atom is -0.352 e. The highest BCUT2D eigenvalue weighted by atomic mass is 16.1. The molecule has 0 aliphatic carbocycles. The molecule has 124 valence electrons. The highest BCUT2D eigenvalue weighted by Gasteiger charge is 2.16. The van der Waals surface area contributed by atoms with E-state index < -0.39 is 0 Å². The highest BCUT2D eigenvalue weighted by molar-refractivity contribution is 5.95. The zero-order valence-electron chi connectivity index (χ0n) is 13.8. The van der Waals surface area contributed by atoms with Gasteiger partial charge in [0.2, 0.25) is 0 Å². The van der Waals surface area contributed by atoms with Gasteiger partial charge in [-0.3, -0.25) is 9.48 Å². The zero-order valence-corrected chi connectivity index (χ0v) is 13.8. The largest absolute Gasteiger partial charge is 0.352 e. The van der Waals surface area contributed by atoms with E-state index in [-0.39, 0.29) is 11.8 Å². The van der Waals surface area contributed by atoms with Crippen LogP contribution in [0.5, 0.6) is 0 Å². The smallest absolute Gasteiger partial charge is 0.254 e.